The topological polar surface area (TPSA) is 45.6 Å². The van der Waals surface area contributed by atoms with Crippen LogP contribution >= 0.6 is 23.8 Å². The van der Waals surface area contributed by atoms with E-state index in [1.165, 1.54) is 0 Å². The molecule has 0 spiro atoms. The molecule has 0 atom stereocenters. The molecular weight excluding hydrogens is 306 g/mol. The highest BCUT2D eigenvalue weighted by molar-refractivity contribution is 7.80. The fourth-order valence-electron chi connectivity index (χ4n) is 1.55. The Morgan fingerprint density at radius 2 is 1.81 bits per heavy atom. The minimum atomic E-state index is 0.405. The highest BCUT2D eigenvalue weighted by Gasteiger charge is 1.96. The van der Waals surface area contributed by atoms with E-state index in [9.17, 15) is 0 Å². The van der Waals surface area contributed by atoms with Gasteiger partial charge in [-0.15, -0.1) is 0 Å². The van der Waals surface area contributed by atoms with E-state index in [4.69, 9.17) is 28.6 Å². The van der Waals surface area contributed by atoms with Gasteiger partial charge in [-0.2, -0.15) is 5.10 Å². The van der Waals surface area contributed by atoms with Crippen molar-refractivity contribution in [2.24, 2.45) is 5.10 Å². The standard InChI is InChI=1S/C15H14ClN3OS/c1-20-14-8-2-11(3-9-14)10-17-19-15(21)18-13-6-4-12(16)5-7-13/h2-10H,1H3,(H2,18,19,21)/b17-10-. The summed E-state index contributed by atoms with van der Waals surface area (Å²) in [5.74, 6) is 0.806. The molecule has 0 aliphatic rings. The third kappa shape index (κ3) is 5.06. The minimum absolute atomic E-state index is 0.405. The second-order valence-corrected chi connectivity index (χ2v) is 4.95. The summed E-state index contributed by atoms with van der Waals surface area (Å²) >= 11 is 10.9. The number of nitrogens with zero attached hydrogens (tertiary/aromatic N) is 1. The Morgan fingerprint density at radius 3 is 2.43 bits per heavy atom. The monoisotopic (exact) mass is 319 g/mol. The van der Waals surface area contributed by atoms with Crippen LogP contribution in [-0.4, -0.2) is 18.4 Å². The molecule has 0 aliphatic carbocycles. The molecule has 2 N–H and O–H groups in total. The van der Waals surface area contributed by atoms with Gasteiger partial charge in [0.1, 0.15) is 5.75 Å². The number of anilines is 1. The van der Waals surface area contributed by atoms with Crippen LogP contribution in [0.3, 0.4) is 0 Å². The Balaban J connectivity index is 1.85. The van der Waals surface area contributed by atoms with Crippen molar-refractivity contribution in [3.05, 3.63) is 59.1 Å². The number of methoxy groups -OCH3 is 1. The Labute approximate surface area is 133 Å². The fraction of sp³-hybridized carbons (Fsp3) is 0.0667. The van der Waals surface area contributed by atoms with E-state index in [2.05, 4.69) is 15.8 Å². The summed E-state index contributed by atoms with van der Waals surface area (Å²) in [6.07, 6.45) is 1.68. The number of hydrogen-bond acceptors (Lipinski definition) is 3. The second-order valence-electron chi connectivity index (χ2n) is 4.10. The number of benzene rings is 2. The largest absolute Gasteiger partial charge is 0.497 e. The number of thiocarbonyl (C=S) groups is 1. The molecule has 0 aliphatic heterocycles. The molecule has 0 heterocycles. The molecule has 2 rings (SSSR count). The lowest BCUT2D eigenvalue weighted by Crippen LogP contribution is -2.23. The molecule has 21 heavy (non-hydrogen) atoms. The van der Waals surface area contributed by atoms with Crippen LogP contribution in [0, 0.1) is 0 Å². The van der Waals surface area contributed by atoms with Crippen LogP contribution in [0.25, 0.3) is 0 Å². The summed E-state index contributed by atoms with van der Waals surface area (Å²) in [5, 5.41) is 8.15. The summed E-state index contributed by atoms with van der Waals surface area (Å²) < 4.78 is 5.09. The van der Waals surface area contributed by atoms with Gasteiger partial charge in [-0.3, -0.25) is 5.43 Å². The van der Waals surface area contributed by atoms with Crippen molar-refractivity contribution in [3.8, 4) is 5.75 Å². The van der Waals surface area contributed by atoms with Crippen molar-refractivity contribution in [3.63, 3.8) is 0 Å². The average Bonchev–Trinajstić information content (AvgIpc) is 2.50. The zero-order valence-electron chi connectivity index (χ0n) is 11.3. The molecule has 0 saturated carbocycles. The molecule has 0 unspecified atom stereocenters. The SMILES string of the molecule is COc1ccc(/C=N\NC(=S)Nc2ccc(Cl)cc2)cc1. The second kappa shape index (κ2) is 7.61. The summed E-state index contributed by atoms with van der Waals surface area (Å²) in [6.45, 7) is 0. The van der Waals surface area contributed by atoms with Gasteiger partial charge in [0.15, 0.2) is 5.11 Å². The molecule has 4 nitrogen and oxygen atoms in total. The molecule has 0 radical (unpaired) electrons. The average molecular weight is 320 g/mol. The van der Waals surface area contributed by atoms with E-state index in [1.807, 2.05) is 36.4 Å². The van der Waals surface area contributed by atoms with E-state index in [-0.39, 0.29) is 0 Å². The van der Waals surface area contributed by atoms with Crippen molar-refractivity contribution in [1.29, 1.82) is 0 Å². The molecule has 0 fully saturated rings. The zero-order valence-corrected chi connectivity index (χ0v) is 12.9. The summed E-state index contributed by atoms with van der Waals surface area (Å²) in [4.78, 5) is 0. The molecule has 0 bridgehead atoms. The summed E-state index contributed by atoms with van der Waals surface area (Å²) in [5.41, 5.74) is 4.53. The number of ether oxygens (including phenoxy) is 1. The lowest BCUT2D eigenvalue weighted by Gasteiger charge is -2.06. The first-order chi connectivity index (χ1) is 10.2. The van der Waals surface area contributed by atoms with Crippen molar-refractivity contribution in [1.82, 2.24) is 5.43 Å². The van der Waals surface area contributed by atoms with Crippen LogP contribution in [0.2, 0.25) is 5.02 Å². The Bertz CT molecular complexity index is 626. The Hall–Kier alpha value is -2.11. The molecule has 2 aromatic carbocycles. The van der Waals surface area contributed by atoms with Gasteiger partial charge in [0.05, 0.1) is 13.3 Å². The van der Waals surface area contributed by atoms with E-state index >= 15 is 0 Å². The van der Waals surface area contributed by atoms with Gasteiger partial charge in [0.2, 0.25) is 0 Å². The maximum atomic E-state index is 5.81. The molecular formula is C15H14ClN3OS. The van der Waals surface area contributed by atoms with Gasteiger partial charge in [0, 0.05) is 10.7 Å². The summed E-state index contributed by atoms with van der Waals surface area (Å²) in [6, 6.07) is 14.8. The number of hydrazone groups is 1. The van der Waals surface area contributed by atoms with Crippen LogP contribution in [0.5, 0.6) is 5.75 Å². The Kier molecular flexibility index (Phi) is 5.54. The minimum Gasteiger partial charge on any atom is -0.497 e. The van der Waals surface area contributed by atoms with Gasteiger partial charge in [-0.1, -0.05) is 11.6 Å². The van der Waals surface area contributed by atoms with Crippen LogP contribution < -0.4 is 15.5 Å². The van der Waals surface area contributed by atoms with Gasteiger partial charge in [-0.05, 0) is 66.3 Å². The smallest absolute Gasteiger partial charge is 0.191 e. The van der Waals surface area contributed by atoms with Crippen molar-refractivity contribution < 1.29 is 4.74 Å². The first-order valence-electron chi connectivity index (χ1n) is 6.17. The first kappa shape index (κ1) is 15.3. The lowest BCUT2D eigenvalue weighted by atomic mass is 10.2. The molecule has 0 saturated heterocycles. The lowest BCUT2D eigenvalue weighted by molar-refractivity contribution is 0.415. The number of nitrogens with one attached hydrogen (secondary N) is 2. The van der Waals surface area contributed by atoms with Gasteiger partial charge >= 0.3 is 0 Å². The van der Waals surface area contributed by atoms with Gasteiger partial charge < -0.3 is 10.1 Å². The van der Waals surface area contributed by atoms with E-state index in [0.717, 1.165) is 17.0 Å². The van der Waals surface area contributed by atoms with E-state index < -0.39 is 0 Å². The van der Waals surface area contributed by atoms with Crippen LogP contribution in [0.1, 0.15) is 5.56 Å². The molecule has 0 aromatic heterocycles. The maximum absolute atomic E-state index is 5.81. The number of hydrogen-bond donors (Lipinski definition) is 2. The van der Waals surface area contributed by atoms with Crippen molar-refractivity contribution in [2.45, 2.75) is 0 Å². The Morgan fingerprint density at radius 1 is 1.14 bits per heavy atom. The molecule has 108 valence electrons. The third-order valence-corrected chi connectivity index (χ3v) is 3.04. The molecule has 0 amide bonds. The number of halogens is 1. The summed E-state index contributed by atoms with van der Waals surface area (Å²) in [7, 11) is 1.63. The molecule has 2 aromatic rings. The maximum Gasteiger partial charge on any atom is 0.191 e. The van der Waals surface area contributed by atoms with Crippen LogP contribution in [-0.2, 0) is 0 Å². The normalized spacial score (nSPS) is 10.4. The van der Waals surface area contributed by atoms with Crippen LogP contribution in [0.4, 0.5) is 5.69 Å². The fourth-order valence-corrected chi connectivity index (χ4v) is 1.84. The molecule has 6 heteroatoms. The van der Waals surface area contributed by atoms with Crippen molar-refractivity contribution >= 4 is 40.8 Å². The van der Waals surface area contributed by atoms with Gasteiger partial charge in [0.25, 0.3) is 0 Å². The zero-order chi connectivity index (χ0) is 15.1. The first-order valence-corrected chi connectivity index (χ1v) is 6.95. The third-order valence-electron chi connectivity index (χ3n) is 2.60. The number of rotatable bonds is 4. The van der Waals surface area contributed by atoms with Crippen molar-refractivity contribution in [2.75, 3.05) is 12.4 Å². The van der Waals surface area contributed by atoms with E-state index in [1.54, 1.807) is 25.5 Å². The van der Waals surface area contributed by atoms with Crippen LogP contribution in [0.15, 0.2) is 53.6 Å². The highest BCUT2D eigenvalue weighted by Crippen LogP contribution is 2.13. The predicted octanol–water partition coefficient (Wildman–Crippen LogP) is 3.67. The van der Waals surface area contributed by atoms with E-state index in [0.29, 0.717) is 10.1 Å². The predicted molar refractivity (Wildman–Crippen MR) is 91.4 cm³/mol. The van der Waals surface area contributed by atoms with Gasteiger partial charge in [-0.25, -0.2) is 0 Å². The highest BCUT2D eigenvalue weighted by atomic mass is 35.5. The quantitative estimate of drug-likeness (QED) is 0.513.